The third-order valence-corrected chi connectivity index (χ3v) is 3.71. The molecule has 0 fully saturated rings. The van der Waals surface area contributed by atoms with Crippen molar-refractivity contribution in [3.63, 3.8) is 0 Å². The van der Waals surface area contributed by atoms with Gasteiger partial charge in [0, 0.05) is 11.8 Å². The molecule has 8 heteroatoms. The number of fused-ring (bicyclic) bond motifs is 1. The van der Waals surface area contributed by atoms with E-state index in [1.807, 2.05) is 30.3 Å². The molecule has 2 aromatic heterocycles. The highest BCUT2D eigenvalue weighted by Gasteiger charge is 2.10. The van der Waals surface area contributed by atoms with Gasteiger partial charge in [0.15, 0.2) is 0 Å². The Balaban J connectivity index is 1.70. The number of hydrogen-bond acceptors (Lipinski definition) is 5. The number of para-hydroxylation sites is 1. The summed E-state index contributed by atoms with van der Waals surface area (Å²) in [6.45, 7) is 0. The van der Waals surface area contributed by atoms with E-state index >= 15 is 0 Å². The molecular weight excluding hydrogens is 358 g/mol. The predicted molar refractivity (Wildman–Crippen MR) is 96.6 cm³/mol. The van der Waals surface area contributed by atoms with Crippen molar-refractivity contribution in [3.05, 3.63) is 53.8 Å². The zero-order valence-electron chi connectivity index (χ0n) is 13.5. The van der Waals surface area contributed by atoms with Gasteiger partial charge in [0.2, 0.25) is 11.8 Å². The van der Waals surface area contributed by atoms with Crippen LogP contribution in [-0.2, 0) is 9.59 Å². The van der Waals surface area contributed by atoms with Gasteiger partial charge in [-0.1, -0.05) is 29.8 Å². The Labute approximate surface area is 153 Å². The van der Waals surface area contributed by atoms with Crippen LogP contribution in [0.15, 0.2) is 48.8 Å². The molecule has 0 atom stereocenters. The number of nitrogens with zero attached hydrogens (tertiary/aromatic N) is 2. The molecule has 2 N–H and O–H groups in total. The normalized spacial score (nSPS) is 10.5. The lowest BCUT2D eigenvalue weighted by Crippen LogP contribution is -2.13. The van der Waals surface area contributed by atoms with Crippen LogP contribution in [0, 0.1) is 0 Å². The van der Waals surface area contributed by atoms with Crippen molar-refractivity contribution in [1.29, 1.82) is 0 Å². The van der Waals surface area contributed by atoms with Crippen molar-refractivity contribution < 1.29 is 19.4 Å². The number of carbonyl (C=O) groups excluding carboxylic acids is 1. The average Bonchev–Trinajstić information content (AvgIpc) is 2.62. The minimum absolute atomic E-state index is 0.131. The third-order valence-electron chi connectivity index (χ3n) is 3.44. The topological polar surface area (TPSA) is 101 Å². The molecule has 132 valence electrons. The van der Waals surface area contributed by atoms with Crippen molar-refractivity contribution >= 4 is 40.1 Å². The molecule has 0 spiro atoms. The Bertz CT molecular complexity index is 978. The van der Waals surface area contributed by atoms with Gasteiger partial charge < -0.3 is 15.2 Å². The van der Waals surface area contributed by atoms with E-state index in [0.29, 0.717) is 11.4 Å². The smallest absolute Gasteiger partial charge is 0.303 e. The summed E-state index contributed by atoms with van der Waals surface area (Å²) in [6.07, 6.45) is 2.58. The molecule has 1 aromatic carbocycles. The van der Waals surface area contributed by atoms with Crippen LogP contribution >= 0.6 is 11.6 Å². The quantitative estimate of drug-likeness (QED) is 0.681. The van der Waals surface area contributed by atoms with Crippen molar-refractivity contribution in [2.24, 2.45) is 0 Å². The first-order chi connectivity index (χ1) is 12.5. The molecule has 1 amide bonds. The van der Waals surface area contributed by atoms with Crippen LogP contribution in [0.3, 0.4) is 0 Å². The molecular formula is C18H14ClN3O4. The highest BCUT2D eigenvalue weighted by Crippen LogP contribution is 2.30. The van der Waals surface area contributed by atoms with Gasteiger partial charge in [-0.2, -0.15) is 0 Å². The molecule has 26 heavy (non-hydrogen) atoms. The second-order valence-electron chi connectivity index (χ2n) is 5.42. The molecule has 7 nitrogen and oxygen atoms in total. The minimum atomic E-state index is -1.04. The lowest BCUT2D eigenvalue weighted by atomic mass is 10.2. The molecule has 0 saturated heterocycles. The Morgan fingerprint density at radius 2 is 1.92 bits per heavy atom. The number of rotatable bonds is 6. The summed E-state index contributed by atoms with van der Waals surface area (Å²) in [4.78, 5) is 30.5. The van der Waals surface area contributed by atoms with E-state index < -0.39 is 11.9 Å². The van der Waals surface area contributed by atoms with Crippen LogP contribution in [0.2, 0.25) is 5.02 Å². The molecule has 0 aliphatic heterocycles. The lowest BCUT2D eigenvalue weighted by molar-refractivity contribution is -0.138. The second kappa shape index (κ2) is 7.79. The van der Waals surface area contributed by atoms with Crippen LogP contribution < -0.4 is 10.1 Å². The zero-order chi connectivity index (χ0) is 18.5. The van der Waals surface area contributed by atoms with Crippen LogP contribution in [0.1, 0.15) is 12.8 Å². The molecule has 3 aromatic rings. The maximum Gasteiger partial charge on any atom is 0.303 e. The maximum atomic E-state index is 11.6. The van der Waals surface area contributed by atoms with E-state index in [0.717, 1.165) is 10.9 Å². The summed E-state index contributed by atoms with van der Waals surface area (Å²) in [5.41, 5.74) is 1.20. The predicted octanol–water partition coefficient (Wildman–Crippen LogP) is 3.88. The first-order valence-corrected chi connectivity index (χ1v) is 8.09. The number of aromatic nitrogens is 2. The summed E-state index contributed by atoms with van der Waals surface area (Å²) >= 11 is 6.16. The molecule has 0 saturated carbocycles. The summed E-state index contributed by atoms with van der Waals surface area (Å²) in [6, 6.07) is 10.9. The number of amides is 1. The second-order valence-corrected chi connectivity index (χ2v) is 5.83. The number of hydrogen-bond donors (Lipinski definition) is 2. The Morgan fingerprint density at radius 1 is 1.12 bits per heavy atom. The number of carboxylic acid groups (broad SMARTS) is 1. The summed E-state index contributed by atoms with van der Waals surface area (Å²) in [5.74, 6) is -0.814. The number of aliphatic carboxylic acids is 1. The summed E-state index contributed by atoms with van der Waals surface area (Å²) in [7, 11) is 0. The molecule has 0 aliphatic carbocycles. The molecule has 2 heterocycles. The number of carboxylic acids is 1. The first kappa shape index (κ1) is 17.6. The maximum absolute atomic E-state index is 11.6. The van der Waals surface area contributed by atoms with Crippen LogP contribution in [0.5, 0.6) is 11.6 Å². The average molecular weight is 372 g/mol. The number of anilines is 1. The van der Waals surface area contributed by atoms with E-state index in [2.05, 4.69) is 15.3 Å². The fourth-order valence-electron chi connectivity index (χ4n) is 2.23. The number of ether oxygens (including phenoxy) is 1. The van der Waals surface area contributed by atoms with Crippen molar-refractivity contribution in [2.45, 2.75) is 12.8 Å². The van der Waals surface area contributed by atoms with Crippen LogP contribution in [0.4, 0.5) is 5.69 Å². The van der Waals surface area contributed by atoms with Crippen LogP contribution in [0.25, 0.3) is 10.9 Å². The monoisotopic (exact) mass is 371 g/mol. The lowest BCUT2D eigenvalue weighted by Gasteiger charge is -2.09. The minimum Gasteiger partial charge on any atom is -0.481 e. The largest absolute Gasteiger partial charge is 0.481 e. The fraction of sp³-hybridized carbons (Fsp3) is 0.111. The van der Waals surface area contributed by atoms with Gasteiger partial charge in [-0.3, -0.25) is 14.6 Å². The van der Waals surface area contributed by atoms with Gasteiger partial charge >= 0.3 is 5.97 Å². The van der Waals surface area contributed by atoms with Crippen molar-refractivity contribution in [2.75, 3.05) is 5.32 Å². The Morgan fingerprint density at radius 3 is 2.69 bits per heavy atom. The van der Waals surface area contributed by atoms with Crippen LogP contribution in [-0.4, -0.2) is 27.0 Å². The van der Waals surface area contributed by atoms with Gasteiger partial charge in [0.25, 0.3) is 0 Å². The van der Waals surface area contributed by atoms with Gasteiger partial charge in [-0.25, -0.2) is 4.98 Å². The molecule has 0 aliphatic rings. The van der Waals surface area contributed by atoms with Gasteiger partial charge in [0.1, 0.15) is 10.8 Å². The molecule has 3 rings (SSSR count). The Hall–Kier alpha value is -3.19. The molecule has 0 unspecified atom stereocenters. The number of carbonyl (C=O) groups is 2. The van der Waals surface area contributed by atoms with E-state index in [4.69, 9.17) is 21.4 Å². The summed E-state index contributed by atoms with van der Waals surface area (Å²) < 4.78 is 5.66. The number of halogens is 1. The fourth-order valence-corrected chi connectivity index (χ4v) is 2.44. The highest BCUT2D eigenvalue weighted by atomic mass is 35.5. The van der Waals surface area contributed by atoms with Gasteiger partial charge in [-0.05, 0) is 18.2 Å². The van der Waals surface area contributed by atoms with E-state index in [9.17, 15) is 9.59 Å². The SMILES string of the molecule is O=C(O)CCC(=O)Nc1cnc(Oc2cnc3ccccc3c2)c(Cl)c1. The first-order valence-electron chi connectivity index (χ1n) is 7.71. The number of nitrogens with one attached hydrogen (secondary N) is 1. The molecule has 0 radical (unpaired) electrons. The molecule has 0 bridgehead atoms. The standard InChI is InChI=1S/C18H14ClN3O4/c19-14-8-12(22-16(23)5-6-17(24)25)9-21-18(14)26-13-7-11-3-1-2-4-15(11)20-10-13/h1-4,7-10H,5-6H2,(H,22,23)(H,24,25). The van der Waals surface area contributed by atoms with E-state index in [1.165, 1.54) is 12.3 Å². The van der Waals surface area contributed by atoms with E-state index in [1.54, 1.807) is 6.20 Å². The van der Waals surface area contributed by atoms with Crippen molar-refractivity contribution in [3.8, 4) is 11.6 Å². The van der Waals surface area contributed by atoms with Gasteiger partial charge in [0.05, 0.1) is 30.0 Å². The third kappa shape index (κ3) is 4.46. The number of benzene rings is 1. The summed E-state index contributed by atoms with van der Waals surface area (Å²) in [5, 5.41) is 12.2. The highest BCUT2D eigenvalue weighted by molar-refractivity contribution is 6.32. The zero-order valence-corrected chi connectivity index (χ0v) is 14.2. The van der Waals surface area contributed by atoms with E-state index in [-0.39, 0.29) is 23.7 Å². The number of pyridine rings is 2. The van der Waals surface area contributed by atoms with Gasteiger partial charge in [-0.15, -0.1) is 0 Å². The Kier molecular flexibility index (Phi) is 5.28. The van der Waals surface area contributed by atoms with Crippen molar-refractivity contribution in [1.82, 2.24) is 9.97 Å².